The predicted octanol–water partition coefficient (Wildman–Crippen LogP) is 1.98. The summed E-state index contributed by atoms with van der Waals surface area (Å²) >= 11 is 0. The van der Waals surface area contributed by atoms with Gasteiger partial charge in [-0.15, -0.1) is 0 Å². The third-order valence-electron chi connectivity index (χ3n) is 4.79. The number of carbonyl (C=O) groups is 2. The molecule has 6 heteroatoms. The summed E-state index contributed by atoms with van der Waals surface area (Å²) in [6.45, 7) is 2.58. The molecule has 3 atom stereocenters. The highest BCUT2D eigenvalue weighted by Crippen LogP contribution is 2.35. The van der Waals surface area contributed by atoms with Gasteiger partial charge in [0.15, 0.2) is 0 Å². The number of carbonyl (C=O) groups excluding carboxylic acids is 2. The van der Waals surface area contributed by atoms with Crippen LogP contribution in [-0.4, -0.2) is 35.3 Å². The first-order chi connectivity index (χ1) is 11.0. The summed E-state index contributed by atoms with van der Waals surface area (Å²) in [4.78, 5) is 26.8. The lowest BCUT2D eigenvalue weighted by Gasteiger charge is -2.40. The number of hydrogen-bond donors (Lipinski definition) is 2. The van der Waals surface area contributed by atoms with E-state index >= 15 is 0 Å². The second-order valence-corrected chi connectivity index (χ2v) is 6.49. The van der Waals surface area contributed by atoms with Crippen LogP contribution in [0.2, 0.25) is 0 Å². The molecule has 1 aromatic carbocycles. The Kier molecular flexibility index (Phi) is 4.35. The van der Waals surface area contributed by atoms with Crippen molar-refractivity contribution in [1.82, 2.24) is 4.90 Å². The maximum atomic E-state index is 13.4. The smallest absolute Gasteiger partial charge is 0.231 e. The van der Waals surface area contributed by atoms with Crippen LogP contribution in [-0.2, 0) is 9.59 Å². The van der Waals surface area contributed by atoms with Crippen LogP contribution in [0.5, 0.6) is 0 Å². The molecule has 23 heavy (non-hydrogen) atoms. The van der Waals surface area contributed by atoms with Crippen LogP contribution in [0.3, 0.4) is 0 Å². The number of hydrogen-bond acceptors (Lipinski definition) is 3. The first-order valence-electron chi connectivity index (χ1n) is 8.12. The fourth-order valence-corrected chi connectivity index (χ4v) is 3.64. The summed E-state index contributed by atoms with van der Waals surface area (Å²) in [5.74, 6) is -1.31. The van der Waals surface area contributed by atoms with Gasteiger partial charge >= 0.3 is 0 Å². The number of anilines is 1. The van der Waals surface area contributed by atoms with Gasteiger partial charge in [-0.25, -0.2) is 4.39 Å². The van der Waals surface area contributed by atoms with Crippen molar-refractivity contribution in [3.8, 4) is 0 Å². The highest BCUT2D eigenvalue weighted by molar-refractivity contribution is 6.01. The molecule has 0 saturated carbocycles. The first kappa shape index (κ1) is 15.9. The van der Waals surface area contributed by atoms with E-state index in [0.717, 1.165) is 19.3 Å². The number of rotatable bonds is 2. The Balaban J connectivity index is 1.91. The van der Waals surface area contributed by atoms with Gasteiger partial charge in [0.1, 0.15) is 5.82 Å². The quantitative estimate of drug-likeness (QED) is 0.875. The average Bonchev–Trinajstić information content (AvgIpc) is 2.52. The number of halogens is 1. The Morgan fingerprint density at radius 1 is 1.43 bits per heavy atom. The largest absolute Gasteiger partial charge is 0.338 e. The molecule has 0 spiro atoms. The third kappa shape index (κ3) is 3.08. The SMILES string of the molecule is CC(N)C1CCCCN1C(=O)C1CC(=O)Nc2cc(F)ccc21. The molecule has 0 aromatic heterocycles. The second kappa shape index (κ2) is 6.28. The molecule has 2 heterocycles. The minimum absolute atomic E-state index is 0.00476. The van der Waals surface area contributed by atoms with Crippen molar-refractivity contribution in [2.45, 2.75) is 50.6 Å². The molecule has 0 radical (unpaired) electrons. The molecular formula is C17H22FN3O2. The average molecular weight is 319 g/mol. The van der Waals surface area contributed by atoms with Gasteiger partial charge in [-0.05, 0) is 43.9 Å². The lowest BCUT2D eigenvalue weighted by Crippen LogP contribution is -2.53. The monoisotopic (exact) mass is 319 g/mol. The maximum absolute atomic E-state index is 13.4. The van der Waals surface area contributed by atoms with Crippen molar-refractivity contribution in [3.05, 3.63) is 29.6 Å². The maximum Gasteiger partial charge on any atom is 0.231 e. The summed E-state index contributed by atoms with van der Waals surface area (Å²) in [6, 6.07) is 4.09. The number of nitrogens with zero attached hydrogens (tertiary/aromatic N) is 1. The Morgan fingerprint density at radius 2 is 2.22 bits per heavy atom. The van der Waals surface area contributed by atoms with E-state index in [1.54, 1.807) is 6.07 Å². The Labute approximate surface area is 135 Å². The van der Waals surface area contributed by atoms with Crippen molar-refractivity contribution in [2.75, 3.05) is 11.9 Å². The van der Waals surface area contributed by atoms with E-state index in [2.05, 4.69) is 5.32 Å². The van der Waals surface area contributed by atoms with Crippen molar-refractivity contribution in [3.63, 3.8) is 0 Å². The number of fused-ring (bicyclic) bond motifs is 1. The van der Waals surface area contributed by atoms with Gasteiger partial charge in [-0.2, -0.15) is 0 Å². The topological polar surface area (TPSA) is 75.4 Å². The van der Waals surface area contributed by atoms with Crippen LogP contribution in [0, 0.1) is 5.82 Å². The van der Waals surface area contributed by atoms with Crippen LogP contribution in [0.4, 0.5) is 10.1 Å². The van der Waals surface area contributed by atoms with Gasteiger partial charge in [0.2, 0.25) is 11.8 Å². The van der Waals surface area contributed by atoms with Crippen molar-refractivity contribution < 1.29 is 14.0 Å². The molecule has 3 unspecified atom stereocenters. The lowest BCUT2D eigenvalue weighted by atomic mass is 9.87. The zero-order chi connectivity index (χ0) is 16.6. The number of amides is 2. The van der Waals surface area contributed by atoms with Gasteiger partial charge in [0.25, 0.3) is 0 Å². The van der Waals surface area contributed by atoms with E-state index in [0.29, 0.717) is 17.8 Å². The summed E-state index contributed by atoms with van der Waals surface area (Å²) in [5.41, 5.74) is 7.13. The highest BCUT2D eigenvalue weighted by atomic mass is 19.1. The summed E-state index contributed by atoms with van der Waals surface area (Å²) in [6.07, 6.45) is 2.99. The van der Waals surface area contributed by atoms with E-state index in [9.17, 15) is 14.0 Å². The minimum Gasteiger partial charge on any atom is -0.338 e. The minimum atomic E-state index is -0.557. The number of nitrogens with one attached hydrogen (secondary N) is 1. The van der Waals surface area contributed by atoms with Gasteiger partial charge < -0.3 is 16.0 Å². The van der Waals surface area contributed by atoms with Crippen LogP contribution in [0.1, 0.15) is 44.1 Å². The van der Waals surface area contributed by atoms with E-state index in [1.807, 2.05) is 11.8 Å². The fourth-order valence-electron chi connectivity index (χ4n) is 3.64. The molecular weight excluding hydrogens is 297 g/mol. The molecule has 1 saturated heterocycles. The molecule has 3 rings (SSSR count). The van der Waals surface area contributed by atoms with E-state index < -0.39 is 11.7 Å². The highest BCUT2D eigenvalue weighted by Gasteiger charge is 2.37. The molecule has 5 nitrogen and oxygen atoms in total. The Hall–Kier alpha value is -1.95. The normalized spacial score (nSPS) is 25.5. The lowest BCUT2D eigenvalue weighted by molar-refractivity contribution is -0.138. The molecule has 1 fully saturated rings. The molecule has 2 amide bonds. The zero-order valence-electron chi connectivity index (χ0n) is 13.2. The van der Waals surface area contributed by atoms with Gasteiger partial charge in [-0.1, -0.05) is 6.07 Å². The van der Waals surface area contributed by atoms with Gasteiger partial charge in [-0.3, -0.25) is 9.59 Å². The van der Waals surface area contributed by atoms with E-state index in [-0.39, 0.29) is 30.3 Å². The molecule has 1 aromatic rings. The molecule has 124 valence electrons. The summed E-state index contributed by atoms with van der Waals surface area (Å²) < 4.78 is 13.4. The standard InChI is InChI=1S/C17H22FN3O2/c1-10(19)15-4-2-3-7-21(15)17(23)13-9-16(22)20-14-8-11(18)5-6-12(13)14/h5-6,8,10,13,15H,2-4,7,9,19H2,1H3,(H,20,22). The summed E-state index contributed by atoms with van der Waals surface area (Å²) in [5, 5.41) is 2.65. The number of piperidine rings is 1. The van der Waals surface area contributed by atoms with E-state index in [1.165, 1.54) is 12.1 Å². The van der Waals surface area contributed by atoms with Crippen molar-refractivity contribution in [1.29, 1.82) is 0 Å². The number of nitrogens with two attached hydrogens (primary N) is 1. The zero-order valence-corrected chi connectivity index (χ0v) is 13.2. The number of likely N-dealkylation sites (tertiary alicyclic amines) is 1. The van der Waals surface area contributed by atoms with Crippen LogP contribution in [0.15, 0.2) is 18.2 Å². The molecule has 0 bridgehead atoms. The van der Waals surface area contributed by atoms with Crippen LogP contribution >= 0.6 is 0 Å². The number of benzene rings is 1. The van der Waals surface area contributed by atoms with Gasteiger partial charge in [0.05, 0.1) is 5.92 Å². The molecule has 2 aliphatic heterocycles. The Bertz CT molecular complexity index is 632. The second-order valence-electron chi connectivity index (χ2n) is 6.49. The molecule has 2 aliphatic rings. The molecule has 0 aliphatic carbocycles. The van der Waals surface area contributed by atoms with Crippen molar-refractivity contribution in [2.24, 2.45) is 5.73 Å². The fraction of sp³-hybridized carbons (Fsp3) is 0.529. The third-order valence-corrected chi connectivity index (χ3v) is 4.79. The summed E-state index contributed by atoms with van der Waals surface area (Å²) in [7, 11) is 0. The molecule has 3 N–H and O–H groups in total. The Morgan fingerprint density at radius 3 is 2.96 bits per heavy atom. The first-order valence-corrected chi connectivity index (χ1v) is 8.12. The van der Waals surface area contributed by atoms with Crippen molar-refractivity contribution >= 4 is 17.5 Å². The van der Waals surface area contributed by atoms with Gasteiger partial charge in [0, 0.05) is 30.7 Å². The van der Waals surface area contributed by atoms with Crippen LogP contribution < -0.4 is 11.1 Å². The predicted molar refractivity (Wildman–Crippen MR) is 85.4 cm³/mol. The van der Waals surface area contributed by atoms with E-state index in [4.69, 9.17) is 5.73 Å². The van der Waals surface area contributed by atoms with Crippen LogP contribution in [0.25, 0.3) is 0 Å².